The minimum atomic E-state index is -1.04. The van der Waals surface area contributed by atoms with Gasteiger partial charge < -0.3 is 66.6 Å². The summed E-state index contributed by atoms with van der Waals surface area (Å²) in [6.45, 7) is 46.1. The van der Waals surface area contributed by atoms with Crippen LogP contribution in [0.3, 0.4) is 0 Å². The molecule has 26 heteroatoms. The molecule has 26 nitrogen and oxygen atoms in total. The Balaban J connectivity index is 0.000000525. The van der Waals surface area contributed by atoms with Crippen LogP contribution in [0.2, 0.25) is 0 Å². The van der Waals surface area contributed by atoms with E-state index >= 15 is 0 Å². The van der Waals surface area contributed by atoms with Gasteiger partial charge in [-0.2, -0.15) is 0 Å². The molecule has 6 aliphatic rings. The third-order valence-corrected chi connectivity index (χ3v) is 14.4. The Labute approximate surface area is 502 Å². The molecule has 6 atom stereocenters. The van der Waals surface area contributed by atoms with E-state index in [1.165, 1.54) is 0 Å². The van der Waals surface area contributed by atoms with E-state index in [2.05, 4.69) is 26.6 Å². The average molecular weight is 1210 g/mol. The van der Waals surface area contributed by atoms with Gasteiger partial charge in [0.25, 0.3) is 5.91 Å². The highest BCUT2D eigenvalue weighted by molar-refractivity contribution is 6.01. The molecule has 6 heterocycles. The molecule has 0 aromatic rings. The van der Waals surface area contributed by atoms with Crippen molar-refractivity contribution in [3.63, 3.8) is 0 Å². The third kappa shape index (κ3) is 22.9. The normalized spacial score (nSPS) is 25.5. The number of aliphatic carboxylic acids is 1. The van der Waals surface area contributed by atoms with E-state index in [-0.39, 0.29) is 84.0 Å². The lowest BCUT2D eigenvalue weighted by Crippen LogP contribution is -2.49. The average Bonchev–Trinajstić information content (AvgIpc) is 3.12. The van der Waals surface area contributed by atoms with E-state index in [0.717, 1.165) is 9.80 Å². The van der Waals surface area contributed by atoms with Crippen molar-refractivity contribution in [2.45, 2.75) is 201 Å². The van der Waals surface area contributed by atoms with Crippen LogP contribution in [0, 0.1) is 56.2 Å². The Morgan fingerprint density at radius 3 is 1.11 bits per heavy atom. The second-order valence-electron chi connectivity index (χ2n) is 30.4. The third-order valence-electron chi connectivity index (χ3n) is 14.4. The highest BCUT2D eigenvalue weighted by Crippen LogP contribution is 2.38. The molecule has 488 valence electrons. The molecule has 6 saturated heterocycles. The zero-order valence-electron chi connectivity index (χ0n) is 55.1. The lowest BCUT2D eigenvalue weighted by atomic mass is 9.81. The van der Waals surface area contributed by atoms with Crippen molar-refractivity contribution in [1.29, 1.82) is 0 Å². The maximum absolute atomic E-state index is 12.5. The first-order valence-corrected chi connectivity index (χ1v) is 28.5. The topological polar surface area (TPSA) is 378 Å². The summed E-state index contributed by atoms with van der Waals surface area (Å²) < 4.78 is 20.8. The van der Waals surface area contributed by atoms with E-state index in [1.54, 1.807) is 111 Å². The first-order valence-electron chi connectivity index (χ1n) is 28.5. The number of hydrogen-bond acceptors (Lipinski definition) is 18. The molecule has 6 unspecified atom stereocenters. The number of esters is 1. The fraction of sp³-hybridized carbons (Fsp3) is 0.814. The fourth-order valence-corrected chi connectivity index (χ4v) is 9.25. The van der Waals surface area contributed by atoms with Gasteiger partial charge in [-0.25, -0.2) is 24.2 Å². The van der Waals surface area contributed by atoms with Crippen molar-refractivity contribution in [2.24, 2.45) is 61.9 Å². The lowest BCUT2D eigenvalue weighted by Gasteiger charge is -2.26. The zero-order chi connectivity index (χ0) is 67.0. The number of ether oxygens (including phenoxy) is 4. The van der Waals surface area contributed by atoms with E-state index < -0.39 is 98.6 Å². The number of carboxylic acids is 1. The summed E-state index contributed by atoms with van der Waals surface area (Å²) in [6, 6.07) is -1.16. The summed E-state index contributed by atoms with van der Waals surface area (Å²) >= 11 is 0. The van der Waals surface area contributed by atoms with Crippen molar-refractivity contribution in [1.82, 2.24) is 36.4 Å². The number of aliphatic hydroxyl groups excluding tert-OH is 2. The molecular formula is C59H104N8O18. The Kier molecular flexibility index (Phi) is 25.4. The number of nitrogens with one attached hydrogen (secondary N) is 5. The number of nitrogens with two attached hydrogens (primary N) is 1. The first-order chi connectivity index (χ1) is 37.9. The van der Waals surface area contributed by atoms with Gasteiger partial charge in [0.05, 0.1) is 31.1 Å². The molecule has 85 heavy (non-hydrogen) atoms. The standard InChI is InChI=1S/C16H28N2O5.C12H21NO4.C11H19NO3.C7H11NO3.C7H13NO2.C6H12N2O/c1-14(2,3)22-12(20)17-10-11(19)18(9-16(10,7)8)13(21)23-15(4,5)6;1-11(2,3)17-10(16)13-7-12(4,5)8(6-14)9(13)15;1-10(2,3)15-9(14)7-8(13)12-6-11(7,4)5;1-7(2)3-8-5(9)4(7)6(10)11;1-7(2)4-8-6(10)5(7)3-9;1-6(2)3-8-5(9)4(6)7/h10H,9H2,1-8H3,(H,17,20);8,14H,6-7H2,1-5H3;7H,6H2,1-5H3,(H,12,13);4H,3H2,1-2H3,(H,8,9)(H,10,11);5,9H,3-4H2,1-2H3,(H,8,10);4H,3,7H2,1-2H3,(H,8,9). The molecule has 0 aromatic carbocycles. The van der Waals surface area contributed by atoms with Crippen molar-refractivity contribution < 1.29 is 87.0 Å². The summed E-state index contributed by atoms with van der Waals surface area (Å²) in [4.78, 5) is 129. The molecular weight excluding hydrogens is 1110 g/mol. The van der Waals surface area contributed by atoms with Gasteiger partial charge in [0.2, 0.25) is 29.5 Å². The molecule has 0 saturated carbocycles. The molecule has 9 amide bonds. The smallest absolute Gasteiger partial charge is 0.417 e. The fourth-order valence-electron chi connectivity index (χ4n) is 9.25. The largest absolute Gasteiger partial charge is 0.481 e. The summed E-state index contributed by atoms with van der Waals surface area (Å²) in [5, 5.41) is 39.9. The molecule has 6 rings (SSSR count). The number of hydrogen-bond donors (Lipinski definition) is 9. The maximum atomic E-state index is 12.5. The van der Waals surface area contributed by atoms with Gasteiger partial charge in [0.15, 0.2) is 0 Å². The number of aliphatic hydroxyl groups is 2. The number of carboxylic acid groups (broad SMARTS) is 1. The number of alkyl carbamates (subject to hydrolysis) is 1. The lowest BCUT2D eigenvalue weighted by molar-refractivity contribution is -0.164. The molecule has 0 radical (unpaired) electrons. The van der Waals surface area contributed by atoms with Crippen LogP contribution in [-0.4, -0.2) is 178 Å². The quantitative estimate of drug-likeness (QED) is 0.106. The maximum Gasteiger partial charge on any atom is 0.417 e. The number of imide groups is 2. The SMILES string of the molecule is CC(C)(C)OC(=O)C1C(=O)NCC1(C)C.CC(C)(C)OC(=O)N1CC(C)(C)C(CO)C1=O.CC(C)(C)OC(=O)NC1C(=O)N(C(=O)OC(C)(C)C)CC1(C)C.CC1(C)CNC(=O)C1C(=O)O.CC1(C)CNC(=O)C1CO.CC1(C)CNC(=O)C1N. The molecule has 0 bridgehead atoms. The minimum Gasteiger partial charge on any atom is -0.481 e. The van der Waals surface area contributed by atoms with Crippen LogP contribution in [0.5, 0.6) is 0 Å². The second-order valence-corrected chi connectivity index (χ2v) is 30.4. The highest BCUT2D eigenvalue weighted by Gasteiger charge is 2.53. The van der Waals surface area contributed by atoms with E-state index in [4.69, 9.17) is 34.9 Å². The number of likely N-dealkylation sites (tertiary alicyclic amines) is 2. The van der Waals surface area contributed by atoms with Gasteiger partial charge in [-0.05, 0) is 93.9 Å². The van der Waals surface area contributed by atoms with Crippen molar-refractivity contribution in [3.05, 3.63) is 0 Å². The van der Waals surface area contributed by atoms with Crippen LogP contribution in [-0.2, 0) is 57.3 Å². The highest BCUT2D eigenvalue weighted by atomic mass is 16.6. The van der Waals surface area contributed by atoms with Crippen LogP contribution < -0.4 is 32.3 Å². The predicted molar refractivity (Wildman–Crippen MR) is 313 cm³/mol. The first kappa shape index (κ1) is 76.9. The van der Waals surface area contributed by atoms with Crippen LogP contribution in [0.1, 0.15) is 166 Å². The number of carbonyl (C=O) groups is 11. The number of carbonyl (C=O) groups excluding carboxylic acids is 10. The Morgan fingerprint density at radius 2 is 0.835 bits per heavy atom. The molecule has 10 N–H and O–H groups in total. The second kappa shape index (κ2) is 28.1. The summed E-state index contributed by atoms with van der Waals surface area (Å²) in [5.74, 6) is -5.28. The summed E-state index contributed by atoms with van der Waals surface area (Å²) in [7, 11) is 0. The Morgan fingerprint density at radius 1 is 0.482 bits per heavy atom. The van der Waals surface area contributed by atoms with Crippen LogP contribution >= 0.6 is 0 Å². The van der Waals surface area contributed by atoms with Crippen molar-refractivity contribution >= 4 is 65.7 Å². The Bertz CT molecular complexity index is 2460. The minimum absolute atomic E-state index is 0.0208. The predicted octanol–water partition coefficient (Wildman–Crippen LogP) is 4.25. The van der Waals surface area contributed by atoms with Gasteiger partial charge in [-0.15, -0.1) is 0 Å². The molecule has 0 aromatic heterocycles. The molecule has 6 aliphatic heterocycles. The van der Waals surface area contributed by atoms with Crippen molar-refractivity contribution in [2.75, 3.05) is 52.5 Å². The number of nitrogens with zero attached hydrogens (tertiary/aromatic N) is 2. The van der Waals surface area contributed by atoms with Gasteiger partial charge in [-0.1, -0.05) is 83.1 Å². The summed E-state index contributed by atoms with van der Waals surface area (Å²) in [5.41, 5.74) is 1.02. The summed E-state index contributed by atoms with van der Waals surface area (Å²) in [6.07, 6.45) is -2.02. The van der Waals surface area contributed by atoms with Gasteiger partial charge >= 0.3 is 30.2 Å². The van der Waals surface area contributed by atoms with Crippen LogP contribution in [0.25, 0.3) is 0 Å². The Hall–Kier alpha value is -6.15. The van der Waals surface area contributed by atoms with Gasteiger partial charge in [0, 0.05) is 60.9 Å². The van der Waals surface area contributed by atoms with Gasteiger partial charge in [0.1, 0.15) is 40.3 Å². The zero-order valence-corrected chi connectivity index (χ0v) is 55.1. The molecule has 0 aliphatic carbocycles. The number of rotatable bonds is 5. The molecule has 0 spiro atoms. The van der Waals surface area contributed by atoms with Crippen LogP contribution in [0.4, 0.5) is 14.4 Å². The van der Waals surface area contributed by atoms with Gasteiger partial charge in [-0.3, -0.25) is 38.4 Å². The van der Waals surface area contributed by atoms with E-state index in [1.807, 2.05) is 55.4 Å². The van der Waals surface area contributed by atoms with E-state index in [9.17, 15) is 57.8 Å². The van der Waals surface area contributed by atoms with Crippen molar-refractivity contribution in [3.8, 4) is 0 Å². The van der Waals surface area contributed by atoms with Crippen LogP contribution in [0.15, 0.2) is 0 Å². The monoisotopic (exact) mass is 1210 g/mol. The van der Waals surface area contributed by atoms with E-state index in [0.29, 0.717) is 26.2 Å². The molecule has 6 fully saturated rings. The number of amides is 9.